The van der Waals surface area contributed by atoms with Gasteiger partial charge in [-0.15, -0.1) is 0 Å². The molecular formula is C14H30O2. The fraction of sp³-hybridized carbons (Fsp3) is 1.00. The minimum atomic E-state index is -0.274. The molecular weight excluding hydrogens is 200 g/mol. The monoisotopic (exact) mass is 230 g/mol. The fourth-order valence-corrected chi connectivity index (χ4v) is 1.91. The highest BCUT2D eigenvalue weighted by Gasteiger charge is 2.05. The van der Waals surface area contributed by atoms with Gasteiger partial charge in [-0.05, 0) is 26.2 Å². The third-order valence-corrected chi connectivity index (χ3v) is 3.06. The van der Waals surface area contributed by atoms with Crippen LogP contribution in [0.2, 0.25) is 0 Å². The van der Waals surface area contributed by atoms with Gasteiger partial charge >= 0.3 is 0 Å². The van der Waals surface area contributed by atoms with Crippen molar-refractivity contribution in [3.8, 4) is 0 Å². The molecule has 0 fully saturated rings. The molecule has 0 aromatic heterocycles. The lowest BCUT2D eigenvalue weighted by molar-refractivity contribution is 0.114. The van der Waals surface area contributed by atoms with E-state index in [4.69, 9.17) is 5.11 Å². The van der Waals surface area contributed by atoms with Crippen molar-refractivity contribution in [1.82, 2.24) is 0 Å². The van der Waals surface area contributed by atoms with E-state index in [2.05, 4.69) is 6.92 Å². The SMILES string of the molecule is CCCCCCCCC[C@H](O)CC[C@H](C)O. The Morgan fingerprint density at radius 2 is 1.31 bits per heavy atom. The lowest BCUT2D eigenvalue weighted by atomic mass is 10.0. The minimum absolute atomic E-state index is 0.203. The van der Waals surface area contributed by atoms with Crippen LogP contribution < -0.4 is 0 Å². The van der Waals surface area contributed by atoms with E-state index in [1.807, 2.05) is 0 Å². The average Bonchev–Trinajstić information content (AvgIpc) is 2.25. The van der Waals surface area contributed by atoms with E-state index < -0.39 is 0 Å². The third kappa shape index (κ3) is 12.0. The van der Waals surface area contributed by atoms with Gasteiger partial charge in [0.15, 0.2) is 0 Å². The molecule has 2 N–H and O–H groups in total. The van der Waals surface area contributed by atoms with Crippen molar-refractivity contribution in [2.75, 3.05) is 0 Å². The summed E-state index contributed by atoms with van der Waals surface area (Å²) in [5.74, 6) is 0. The first kappa shape index (κ1) is 15.9. The van der Waals surface area contributed by atoms with Gasteiger partial charge in [-0.2, -0.15) is 0 Å². The average molecular weight is 230 g/mol. The standard InChI is InChI=1S/C14H30O2/c1-3-4-5-6-7-8-9-10-14(16)12-11-13(2)15/h13-16H,3-12H2,1-2H3/t13-,14-/m0/s1. The maximum Gasteiger partial charge on any atom is 0.0541 e. The summed E-state index contributed by atoms with van der Waals surface area (Å²) in [4.78, 5) is 0. The molecule has 0 amide bonds. The summed E-state index contributed by atoms with van der Waals surface area (Å²) in [6.07, 6.45) is 10.9. The van der Waals surface area contributed by atoms with Crippen LogP contribution in [0.25, 0.3) is 0 Å². The van der Waals surface area contributed by atoms with E-state index in [1.54, 1.807) is 6.92 Å². The highest BCUT2D eigenvalue weighted by Crippen LogP contribution is 2.12. The van der Waals surface area contributed by atoms with Gasteiger partial charge in [0, 0.05) is 0 Å². The molecule has 2 nitrogen and oxygen atoms in total. The van der Waals surface area contributed by atoms with Crippen LogP contribution in [-0.2, 0) is 0 Å². The Hall–Kier alpha value is -0.0800. The molecule has 0 bridgehead atoms. The molecule has 0 saturated heterocycles. The summed E-state index contributed by atoms with van der Waals surface area (Å²) in [6, 6.07) is 0. The van der Waals surface area contributed by atoms with Crippen molar-refractivity contribution in [3.05, 3.63) is 0 Å². The van der Waals surface area contributed by atoms with Gasteiger partial charge < -0.3 is 10.2 Å². The summed E-state index contributed by atoms with van der Waals surface area (Å²) in [6.45, 7) is 4.01. The van der Waals surface area contributed by atoms with Crippen molar-refractivity contribution in [3.63, 3.8) is 0 Å². The van der Waals surface area contributed by atoms with E-state index in [-0.39, 0.29) is 12.2 Å². The van der Waals surface area contributed by atoms with Crippen LogP contribution in [0.3, 0.4) is 0 Å². The van der Waals surface area contributed by atoms with Gasteiger partial charge in [0.25, 0.3) is 0 Å². The molecule has 0 aliphatic heterocycles. The Kier molecular flexibility index (Phi) is 11.3. The first-order valence-electron chi connectivity index (χ1n) is 7.03. The van der Waals surface area contributed by atoms with E-state index in [0.717, 1.165) is 25.7 Å². The Morgan fingerprint density at radius 3 is 1.88 bits per heavy atom. The molecule has 0 aliphatic rings. The molecule has 2 heteroatoms. The summed E-state index contributed by atoms with van der Waals surface area (Å²) >= 11 is 0. The second-order valence-electron chi connectivity index (χ2n) is 4.99. The molecule has 0 radical (unpaired) electrons. The molecule has 0 saturated carbocycles. The highest BCUT2D eigenvalue weighted by atomic mass is 16.3. The van der Waals surface area contributed by atoms with Gasteiger partial charge in [0.05, 0.1) is 12.2 Å². The largest absolute Gasteiger partial charge is 0.393 e. The van der Waals surface area contributed by atoms with Crippen molar-refractivity contribution in [1.29, 1.82) is 0 Å². The Bertz CT molecular complexity index is 135. The van der Waals surface area contributed by atoms with E-state index in [9.17, 15) is 5.11 Å². The maximum atomic E-state index is 9.63. The Morgan fingerprint density at radius 1 is 0.750 bits per heavy atom. The molecule has 0 aromatic carbocycles. The molecule has 0 aliphatic carbocycles. The first-order valence-corrected chi connectivity index (χ1v) is 7.03. The van der Waals surface area contributed by atoms with Crippen molar-refractivity contribution < 1.29 is 10.2 Å². The predicted octanol–water partition coefficient (Wildman–Crippen LogP) is 3.65. The van der Waals surface area contributed by atoms with Crippen molar-refractivity contribution >= 4 is 0 Å². The summed E-state index contributed by atoms with van der Waals surface area (Å²) in [5.41, 5.74) is 0. The van der Waals surface area contributed by atoms with Crippen LogP contribution in [0.15, 0.2) is 0 Å². The molecule has 16 heavy (non-hydrogen) atoms. The summed E-state index contributed by atoms with van der Waals surface area (Å²) in [5, 5.41) is 18.7. The summed E-state index contributed by atoms with van der Waals surface area (Å²) in [7, 11) is 0. The van der Waals surface area contributed by atoms with Gasteiger partial charge in [-0.1, -0.05) is 51.9 Å². The van der Waals surface area contributed by atoms with Gasteiger partial charge in [0.1, 0.15) is 0 Å². The molecule has 0 heterocycles. The van der Waals surface area contributed by atoms with Gasteiger partial charge in [0.2, 0.25) is 0 Å². The highest BCUT2D eigenvalue weighted by molar-refractivity contribution is 4.59. The Labute approximate surface area is 101 Å². The second kappa shape index (κ2) is 11.4. The van der Waals surface area contributed by atoms with Crippen LogP contribution >= 0.6 is 0 Å². The van der Waals surface area contributed by atoms with Crippen LogP contribution in [-0.4, -0.2) is 22.4 Å². The second-order valence-corrected chi connectivity index (χ2v) is 4.99. The van der Waals surface area contributed by atoms with E-state index in [0.29, 0.717) is 0 Å². The topological polar surface area (TPSA) is 40.5 Å². The molecule has 2 atom stereocenters. The number of rotatable bonds is 11. The smallest absolute Gasteiger partial charge is 0.0541 e. The summed E-state index contributed by atoms with van der Waals surface area (Å²) < 4.78 is 0. The zero-order valence-corrected chi connectivity index (χ0v) is 11.1. The van der Waals surface area contributed by atoms with E-state index in [1.165, 1.54) is 38.5 Å². The lowest BCUT2D eigenvalue weighted by Gasteiger charge is -2.11. The number of aliphatic hydroxyl groups excluding tert-OH is 2. The lowest BCUT2D eigenvalue weighted by Crippen LogP contribution is -2.10. The van der Waals surface area contributed by atoms with Gasteiger partial charge in [-0.3, -0.25) is 0 Å². The zero-order valence-electron chi connectivity index (χ0n) is 11.1. The van der Waals surface area contributed by atoms with Crippen LogP contribution in [0.5, 0.6) is 0 Å². The van der Waals surface area contributed by atoms with Crippen LogP contribution in [0, 0.1) is 0 Å². The van der Waals surface area contributed by atoms with Crippen LogP contribution in [0.1, 0.15) is 78.1 Å². The molecule has 98 valence electrons. The number of unbranched alkanes of at least 4 members (excludes halogenated alkanes) is 6. The van der Waals surface area contributed by atoms with E-state index >= 15 is 0 Å². The minimum Gasteiger partial charge on any atom is -0.393 e. The van der Waals surface area contributed by atoms with Gasteiger partial charge in [-0.25, -0.2) is 0 Å². The molecule has 0 unspecified atom stereocenters. The molecule has 0 rings (SSSR count). The normalized spacial score (nSPS) is 15.0. The third-order valence-electron chi connectivity index (χ3n) is 3.06. The quantitative estimate of drug-likeness (QED) is 0.532. The van der Waals surface area contributed by atoms with Crippen molar-refractivity contribution in [2.45, 2.75) is 90.3 Å². The van der Waals surface area contributed by atoms with Crippen LogP contribution in [0.4, 0.5) is 0 Å². The Balaban J connectivity index is 3.12. The predicted molar refractivity (Wildman–Crippen MR) is 69.5 cm³/mol. The zero-order chi connectivity index (χ0) is 12.2. The maximum absolute atomic E-state index is 9.63. The fourth-order valence-electron chi connectivity index (χ4n) is 1.91. The number of hydrogen-bond acceptors (Lipinski definition) is 2. The molecule has 0 aromatic rings. The first-order chi connectivity index (χ1) is 7.66. The molecule has 0 spiro atoms. The number of aliphatic hydroxyl groups is 2. The number of hydrogen-bond donors (Lipinski definition) is 2. The van der Waals surface area contributed by atoms with Crippen molar-refractivity contribution in [2.24, 2.45) is 0 Å².